The summed E-state index contributed by atoms with van der Waals surface area (Å²) in [5.74, 6) is -0.899. The number of unbranched alkanes of at least 4 members (excludes halogenated alkanes) is 13. The summed E-state index contributed by atoms with van der Waals surface area (Å²) in [5.41, 5.74) is 0. The highest BCUT2D eigenvalue weighted by molar-refractivity contribution is 7.47. The minimum Gasteiger partial charge on any atom is -0.462 e. The Kier molecular flexibility index (Phi) is 34.8. The van der Waals surface area contributed by atoms with Crippen LogP contribution in [0.3, 0.4) is 0 Å². The largest absolute Gasteiger partial charge is 0.472 e. The van der Waals surface area contributed by atoms with E-state index >= 15 is 0 Å². The average Bonchev–Trinajstić information content (AvgIpc) is 3.12. The molecule has 0 spiro atoms. The van der Waals surface area contributed by atoms with E-state index in [9.17, 15) is 19.0 Å². The van der Waals surface area contributed by atoms with Crippen LogP contribution < -0.4 is 0 Å². The molecule has 0 saturated carbocycles. The molecule has 9 nitrogen and oxygen atoms in total. The van der Waals surface area contributed by atoms with E-state index in [2.05, 4.69) is 62.5 Å². The summed E-state index contributed by atoms with van der Waals surface area (Å²) < 4.78 is 34.1. The molecule has 0 rings (SSSR count). The van der Waals surface area contributed by atoms with Crippen LogP contribution in [0.5, 0.6) is 0 Å². The zero-order chi connectivity index (χ0) is 40.0. The zero-order valence-electron chi connectivity index (χ0n) is 34.9. The van der Waals surface area contributed by atoms with E-state index in [1.54, 1.807) is 0 Å². The summed E-state index contributed by atoms with van der Waals surface area (Å²) in [4.78, 5) is 35.2. The van der Waals surface area contributed by atoms with Crippen molar-refractivity contribution in [1.29, 1.82) is 0 Å². The zero-order valence-corrected chi connectivity index (χ0v) is 35.8. The first-order valence-corrected chi connectivity index (χ1v) is 22.5. The van der Waals surface area contributed by atoms with Crippen molar-refractivity contribution in [1.82, 2.24) is 0 Å². The Balaban J connectivity index is 4.52. The van der Waals surface area contributed by atoms with Crippen LogP contribution in [0.15, 0.2) is 60.8 Å². The number of hydrogen-bond donors (Lipinski definition) is 1. The number of carbonyl (C=O) groups is 2. The molecule has 1 N–H and O–H groups in total. The lowest BCUT2D eigenvalue weighted by molar-refractivity contribution is -0.870. The predicted octanol–water partition coefficient (Wildman–Crippen LogP) is 11.7. The third kappa shape index (κ3) is 39.4. The minimum atomic E-state index is -4.39. The van der Waals surface area contributed by atoms with Crippen molar-refractivity contribution in [3.8, 4) is 0 Å². The van der Waals surface area contributed by atoms with Gasteiger partial charge in [-0.25, -0.2) is 4.57 Å². The van der Waals surface area contributed by atoms with Gasteiger partial charge in [0.05, 0.1) is 27.7 Å². The highest BCUT2D eigenvalue weighted by atomic mass is 31.2. The van der Waals surface area contributed by atoms with E-state index in [4.69, 9.17) is 18.5 Å². The van der Waals surface area contributed by atoms with Gasteiger partial charge in [-0.2, -0.15) is 0 Å². The van der Waals surface area contributed by atoms with Crippen molar-refractivity contribution in [2.24, 2.45) is 0 Å². The van der Waals surface area contributed by atoms with Crippen LogP contribution in [0.1, 0.15) is 155 Å². The van der Waals surface area contributed by atoms with Crippen LogP contribution >= 0.6 is 7.82 Å². The van der Waals surface area contributed by atoms with Gasteiger partial charge in [0.2, 0.25) is 0 Å². The SMILES string of the molecule is CCCCC/C=C\C/C=C\C/C=C\C/C=C\C/C=C\CCC(=O)O[C@H](COC(=O)CCCCCCCCCCCCC)COP(=O)(O)OCC[N+](C)(C)C. The van der Waals surface area contributed by atoms with Crippen molar-refractivity contribution < 1.29 is 42.1 Å². The molecule has 0 aliphatic carbocycles. The van der Waals surface area contributed by atoms with Crippen LogP contribution in [-0.4, -0.2) is 74.9 Å². The number of phosphoric acid groups is 1. The lowest BCUT2D eigenvalue weighted by Crippen LogP contribution is -2.37. The van der Waals surface area contributed by atoms with Crippen LogP contribution in [0.2, 0.25) is 0 Å². The lowest BCUT2D eigenvalue weighted by Gasteiger charge is -2.24. The van der Waals surface area contributed by atoms with Gasteiger partial charge >= 0.3 is 19.8 Å². The molecule has 1 unspecified atom stereocenters. The molecular formula is C44H79NO8P+. The highest BCUT2D eigenvalue weighted by Crippen LogP contribution is 2.43. The lowest BCUT2D eigenvalue weighted by atomic mass is 10.1. The van der Waals surface area contributed by atoms with Crippen molar-refractivity contribution >= 4 is 19.8 Å². The standard InChI is InChI=1S/C44H78NO8P/c1-6-8-10-12-14-16-18-19-20-21-22-23-24-25-27-29-31-33-35-37-44(47)53-42(41-52-54(48,49)51-39-38-45(3,4)5)40-50-43(46)36-34-32-30-28-26-17-15-13-11-9-7-2/h14,16,19-20,22-23,25,27,31,33,42H,6-13,15,17-18,21,24,26,28-30,32,34-41H2,1-5H3/p+1/b16-14-,20-19-,23-22-,27-25-,33-31-/t42-/m1/s1. The molecule has 0 heterocycles. The van der Waals surface area contributed by atoms with E-state index in [1.807, 2.05) is 33.3 Å². The molecule has 54 heavy (non-hydrogen) atoms. The third-order valence-corrected chi connectivity index (χ3v) is 9.55. The van der Waals surface area contributed by atoms with E-state index in [1.165, 1.54) is 77.0 Å². The summed E-state index contributed by atoms with van der Waals surface area (Å²) >= 11 is 0. The maximum absolute atomic E-state index is 12.6. The molecule has 0 saturated heterocycles. The molecule has 10 heteroatoms. The summed E-state index contributed by atoms with van der Waals surface area (Å²) in [6, 6.07) is 0. The first kappa shape index (κ1) is 51.7. The third-order valence-electron chi connectivity index (χ3n) is 8.56. The number of carbonyl (C=O) groups excluding carboxylic acids is 2. The molecule has 0 aromatic rings. The van der Waals surface area contributed by atoms with Gasteiger partial charge in [0, 0.05) is 12.8 Å². The summed E-state index contributed by atoms with van der Waals surface area (Å²) in [5, 5.41) is 0. The van der Waals surface area contributed by atoms with Gasteiger partial charge in [0.15, 0.2) is 6.10 Å². The van der Waals surface area contributed by atoms with Crippen molar-refractivity contribution in [2.75, 3.05) is 47.5 Å². The van der Waals surface area contributed by atoms with Gasteiger partial charge in [-0.05, 0) is 51.4 Å². The first-order chi connectivity index (χ1) is 26.0. The summed E-state index contributed by atoms with van der Waals surface area (Å²) in [6.07, 6.45) is 42.8. The van der Waals surface area contributed by atoms with Crippen LogP contribution in [0.25, 0.3) is 0 Å². The molecule has 0 fully saturated rings. The second-order valence-corrected chi connectivity index (χ2v) is 16.5. The maximum Gasteiger partial charge on any atom is 0.472 e. The molecule has 312 valence electrons. The number of likely N-dealkylation sites (N-methyl/N-ethyl adjacent to an activating group) is 1. The number of ether oxygens (including phenoxy) is 2. The number of allylic oxidation sites excluding steroid dienone is 10. The normalized spacial score (nSPS) is 14.3. The number of quaternary nitrogens is 1. The highest BCUT2D eigenvalue weighted by Gasteiger charge is 2.27. The fraction of sp³-hybridized carbons (Fsp3) is 0.727. The fourth-order valence-electron chi connectivity index (χ4n) is 5.23. The van der Waals surface area contributed by atoms with Crippen LogP contribution in [-0.2, 0) is 32.7 Å². The Morgan fingerprint density at radius 2 is 1.04 bits per heavy atom. The number of hydrogen-bond acceptors (Lipinski definition) is 7. The molecule has 0 radical (unpaired) electrons. The van der Waals surface area contributed by atoms with Crippen molar-refractivity contribution in [3.05, 3.63) is 60.8 Å². The number of phosphoric ester groups is 1. The predicted molar refractivity (Wildman–Crippen MR) is 224 cm³/mol. The van der Waals surface area contributed by atoms with Crippen molar-refractivity contribution in [3.63, 3.8) is 0 Å². The second-order valence-electron chi connectivity index (χ2n) is 15.0. The van der Waals surface area contributed by atoms with E-state index in [0.29, 0.717) is 17.4 Å². The maximum atomic E-state index is 12.6. The van der Waals surface area contributed by atoms with Gasteiger partial charge in [0.25, 0.3) is 0 Å². The summed E-state index contributed by atoms with van der Waals surface area (Å²) in [6.45, 7) is 4.28. The number of nitrogens with zero attached hydrogens (tertiary/aromatic N) is 1. The van der Waals surface area contributed by atoms with Gasteiger partial charge in [0.1, 0.15) is 19.8 Å². The van der Waals surface area contributed by atoms with Crippen molar-refractivity contribution in [2.45, 2.75) is 161 Å². The Hall–Kier alpha value is -2.29. The second kappa shape index (κ2) is 36.4. The van der Waals surface area contributed by atoms with Gasteiger partial charge in [-0.3, -0.25) is 18.6 Å². The van der Waals surface area contributed by atoms with Crippen LogP contribution in [0, 0.1) is 0 Å². The monoisotopic (exact) mass is 781 g/mol. The smallest absolute Gasteiger partial charge is 0.462 e. The fourth-order valence-corrected chi connectivity index (χ4v) is 5.97. The molecule has 0 bridgehead atoms. The Bertz CT molecular complexity index is 1110. The molecule has 0 aromatic carbocycles. The van der Waals surface area contributed by atoms with E-state index in [0.717, 1.165) is 44.9 Å². The Morgan fingerprint density at radius 3 is 1.56 bits per heavy atom. The molecule has 0 amide bonds. The number of esters is 2. The molecule has 0 aromatic heterocycles. The molecule has 0 aliphatic heterocycles. The summed E-state index contributed by atoms with van der Waals surface area (Å²) in [7, 11) is 1.42. The van der Waals surface area contributed by atoms with E-state index < -0.39 is 32.5 Å². The van der Waals surface area contributed by atoms with E-state index in [-0.39, 0.29) is 26.1 Å². The van der Waals surface area contributed by atoms with Gasteiger partial charge in [-0.15, -0.1) is 0 Å². The molecule has 0 aliphatic rings. The molecule has 2 atom stereocenters. The minimum absolute atomic E-state index is 0.0169. The Morgan fingerprint density at radius 1 is 0.574 bits per heavy atom. The average molecular weight is 781 g/mol. The quantitative estimate of drug-likeness (QED) is 0.0218. The number of rotatable bonds is 37. The topological polar surface area (TPSA) is 108 Å². The van der Waals surface area contributed by atoms with Gasteiger partial charge in [-0.1, -0.05) is 152 Å². The van der Waals surface area contributed by atoms with Crippen LogP contribution in [0.4, 0.5) is 0 Å². The first-order valence-electron chi connectivity index (χ1n) is 21.0. The van der Waals surface area contributed by atoms with Gasteiger partial charge < -0.3 is 18.9 Å². The Labute approximate surface area is 330 Å². The molecular weight excluding hydrogens is 701 g/mol.